The van der Waals surface area contributed by atoms with Crippen molar-refractivity contribution in [3.8, 4) is 0 Å². The molecule has 0 fully saturated rings. The van der Waals surface area contributed by atoms with Crippen LogP contribution in [0.15, 0.2) is 18.5 Å². The van der Waals surface area contributed by atoms with Gasteiger partial charge in [-0.25, -0.2) is 4.98 Å². The van der Waals surface area contributed by atoms with Crippen molar-refractivity contribution in [3.63, 3.8) is 0 Å². The number of hydrogen-bond donors (Lipinski definition) is 1. The van der Waals surface area contributed by atoms with Gasteiger partial charge in [-0.2, -0.15) is 0 Å². The fourth-order valence-corrected chi connectivity index (χ4v) is 1.22. The van der Waals surface area contributed by atoms with Gasteiger partial charge >= 0.3 is 0 Å². The summed E-state index contributed by atoms with van der Waals surface area (Å²) in [5, 5.41) is 7.92. The summed E-state index contributed by atoms with van der Waals surface area (Å²) in [7, 11) is 0. The van der Waals surface area contributed by atoms with Gasteiger partial charge in [-0.3, -0.25) is 4.40 Å². The van der Waals surface area contributed by atoms with E-state index >= 15 is 0 Å². The lowest BCUT2D eigenvalue weighted by Crippen LogP contribution is -2.19. The molecule has 5 heteroatoms. The van der Waals surface area contributed by atoms with Gasteiger partial charge in [-0.15, -0.1) is 10.2 Å². The molecule has 0 aromatic carbocycles. The van der Waals surface area contributed by atoms with Crippen molar-refractivity contribution >= 4 is 5.78 Å². The molecule has 0 spiro atoms. The lowest BCUT2D eigenvalue weighted by molar-refractivity contribution is 0.694. The van der Waals surface area contributed by atoms with Gasteiger partial charge in [0.2, 0.25) is 0 Å². The van der Waals surface area contributed by atoms with Crippen molar-refractivity contribution < 1.29 is 0 Å². The van der Waals surface area contributed by atoms with Crippen LogP contribution in [0.3, 0.4) is 0 Å². The van der Waals surface area contributed by atoms with Gasteiger partial charge in [-0.1, -0.05) is 0 Å². The minimum absolute atomic E-state index is 0.0904. The Morgan fingerprint density at radius 1 is 1.54 bits per heavy atom. The summed E-state index contributed by atoms with van der Waals surface area (Å²) in [6.45, 7) is 1.94. The monoisotopic (exact) mass is 177 g/mol. The van der Waals surface area contributed by atoms with Crippen LogP contribution >= 0.6 is 0 Å². The lowest BCUT2D eigenvalue weighted by atomic mass is 10.2. The van der Waals surface area contributed by atoms with E-state index in [1.54, 1.807) is 6.20 Å². The second-order valence-electron chi connectivity index (χ2n) is 3.09. The second kappa shape index (κ2) is 3.10. The summed E-state index contributed by atoms with van der Waals surface area (Å²) in [5.74, 6) is 1.48. The fourth-order valence-electron chi connectivity index (χ4n) is 1.22. The van der Waals surface area contributed by atoms with Crippen molar-refractivity contribution in [2.45, 2.75) is 19.4 Å². The van der Waals surface area contributed by atoms with E-state index < -0.39 is 0 Å². The Hall–Kier alpha value is -1.49. The third-order valence-electron chi connectivity index (χ3n) is 1.76. The normalized spacial score (nSPS) is 13.4. The average Bonchev–Trinajstić information content (AvgIpc) is 2.48. The fraction of sp³-hybridized carbons (Fsp3) is 0.375. The molecule has 68 valence electrons. The zero-order chi connectivity index (χ0) is 9.26. The summed E-state index contributed by atoms with van der Waals surface area (Å²) < 4.78 is 1.85. The van der Waals surface area contributed by atoms with Crippen LogP contribution in [-0.4, -0.2) is 25.6 Å². The van der Waals surface area contributed by atoms with Crippen LogP contribution in [0.25, 0.3) is 5.78 Å². The molecule has 0 amide bonds. The average molecular weight is 177 g/mol. The van der Waals surface area contributed by atoms with Crippen molar-refractivity contribution in [2.75, 3.05) is 0 Å². The van der Waals surface area contributed by atoms with Gasteiger partial charge in [0.25, 0.3) is 5.78 Å². The smallest absolute Gasteiger partial charge is 0.254 e. The molecule has 0 aliphatic heterocycles. The first-order valence-corrected chi connectivity index (χ1v) is 4.17. The van der Waals surface area contributed by atoms with E-state index in [2.05, 4.69) is 15.2 Å². The molecule has 2 rings (SSSR count). The molecule has 0 saturated carbocycles. The first-order chi connectivity index (χ1) is 6.27. The molecule has 0 aliphatic carbocycles. The summed E-state index contributed by atoms with van der Waals surface area (Å²) in [6.07, 6.45) is 4.30. The highest BCUT2D eigenvalue weighted by atomic mass is 15.3. The van der Waals surface area contributed by atoms with Crippen LogP contribution in [0.1, 0.15) is 12.7 Å². The van der Waals surface area contributed by atoms with E-state index in [9.17, 15) is 0 Å². The molecule has 2 N–H and O–H groups in total. The minimum Gasteiger partial charge on any atom is -0.328 e. The minimum atomic E-state index is 0.0904. The van der Waals surface area contributed by atoms with Gasteiger partial charge in [0.1, 0.15) is 5.82 Å². The largest absolute Gasteiger partial charge is 0.328 e. The van der Waals surface area contributed by atoms with E-state index in [0.29, 0.717) is 12.2 Å². The van der Waals surface area contributed by atoms with Crippen molar-refractivity contribution in [1.29, 1.82) is 0 Å². The second-order valence-corrected chi connectivity index (χ2v) is 3.09. The van der Waals surface area contributed by atoms with Crippen LogP contribution in [0.4, 0.5) is 0 Å². The van der Waals surface area contributed by atoms with Crippen molar-refractivity contribution in [1.82, 2.24) is 19.6 Å². The van der Waals surface area contributed by atoms with Gasteiger partial charge < -0.3 is 5.73 Å². The predicted molar refractivity (Wildman–Crippen MR) is 48.1 cm³/mol. The third kappa shape index (κ3) is 1.50. The zero-order valence-electron chi connectivity index (χ0n) is 7.38. The van der Waals surface area contributed by atoms with Crippen molar-refractivity contribution in [3.05, 3.63) is 24.3 Å². The molecule has 2 aromatic rings. The first kappa shape index (κ1) is 8.12. The molecular formula is C8H11N5. The van der Waals surface area contributed by atoms with E-state index in [-0.39, 0.29) is 6.04 Å². The molecule has 13 heavy (non-hydrogen) atoms. The highest BCUT2D eigenvalue weighted by molar-refractivity contribution is 5.26. The van der Waals surface area contributed by atoms with E-state index in [1.807, 2.05) is 23.6 Å². The van der Waals surface area contributed by atoms with Crippen LogP contribution in [-0.2, 0) is 6.42 Å². The molecule has 2 heterocycles. The highest BCUT2D eigenvalue weighted by Crippen LogP contribution is 2.01. The van der Waals surface area contributed by atoms with Gasteiger partial charge in [-0.05, 0) is 13.0 Å². The standard InChI is InChI=1S/C8H11N5/c1-6(9)5-7-11-12-8-10-3-2-4-13(7)8/h2-4,6H,5,9H2,1H3. The molecule has 0 saturated heterocycles. The molecular weight excluding hydrogens is 166 g/mol. The zero-order valence-corrected chi connectivity index (χ0v) is 7.38. The topological polar surface area (TPSA) is 69.1 Å². The number of hydrogen-bond acceptors (Lipinski definition) is 4. The Bertz CT molecular complexity index is 406. The Kier molecular flexibility index (Phi) is 1.94. The number of nitrogens with zero attached hydrogens (tertiary/aromatic N) is 4. The van der Waals surface area contributed by atoms with Crippen LogP contribution in [0.2, 0.25) is 0 Å². The molecule has 0 radical (unpaired) electrons. The quantitative estimate of drug-likeness (QED) is 0.701. The molecule has 5 nitrogen and oxygen atoms in total. The molecule has 0 bridgehead atoms. The number of fused-ring (bicyclic) bond motifs is 1. The maximum absolute atomic E-state index is 5.67. The molecule has 1 atom stereocenters. The Morgan fingerprint density at radius 3 is 3.15 bits per heavy atom. The maximum Gasteiger partial charge on any atom is 0.254 e. The molecule has 2 aromatic heterocycles. The molecule has 0 aliphatic rings. The molecule has 1 unspecified atom stereocenters. The predicted octanol–water partition coefficient (Wildman–Crippen LogP) is 0.0140. The van der Waals surface area contributed by atoms with Crippen LogP contribution in [0.5, 0.6) is 0 Å². The number of aromatic nitrogens is 4. The number of rotatable bonds is 2. The van der Waals surface area contributed by atoms with E-state index in [4.69, 9.17) is 5.73 Å². The SMILES string of the molecule is CC(N)Cc1nnc2ncccn12. The summed E-state index contributed by atoms with van der Waals surface area (Å²) in [5.41, 5.74) is 5.67. The van der Waals surface area contributed by atoms with Gasteiger partial charge in [0.05, 0.1) is 0 Å². The van der Waals surface area contributed by atoms with E-state index in [0.717, 1.165) is 5.82 Å². The van der Waals surface area contributed by atoms with Gasteiger partial charge in [0.15, 0.2) is 0 Å². The highest BCUT2D eigenvalue weighted by Gasteiger charge is 2.06. The Balaban J connectivity index is 2.46. The lowest BCUT2D eigenvalue weighted by Gasteiger charge is -2.01. The van der Waals surface area contributed by atoms with Gasteiger partial charge in [0, 0.05) is 24.9 Å². The van der Waals surface area contributed by atoms with Crippen LogP contribution < -0.4 is 5.73 Å². The number of nitrogens with two attached hydrogens (primary N) is 1. The maximum atomic E-state index is 5.67. The summed E-state index contributed by atoms with van der Waals surface area (Å²) in [6, 6.07) is 1.94. The summed E-state index contributed by atoms with van der Waals surface area (Å²) in [4.78, 5) is 4.06. The Morgan fingerprint density at radius 2 is 2.38 bits per heavy atom. The first-order valence-electron chi connectivity index (χ1n) is 4.17. The summed E-state index contributed by atoms with van der Waals surface area (Å²) >= 11 is 0. The van der Waals surface area contributed by atoms with Crippen molar-refractivity contribution in [2.24, 2.45) is 5.73 Å². The van der Waals surface area contributed by atoms with Crippen LogP contribution in [0, 0.1) is 0 Å². The Labute approximate surface area is 75.6 Å². The third-order valence-corrected chi connectivity index (χ3v) is 1.76. The van der Waals surface area contributed by atoms with E-state index in [1.165, 1.54) is 0 Å².